The summed E-state index contributed by atoms with van der Waals surface area (Å²) in [5, 5.41) is 12.0. The monoisotopic (exact) mass is 286 g/mol. The number of benzene rings is 1. The van der Waals surface area contributed by atoms with Crippen molar-refractivity contribution in [2.24, 2.45) is 0 Å². The van der Waals surface area contributed by atoms with E-state index in [1.165, 1.54) is 25.6 Å². The lowest BCUT2D eigenvalue weighted by atomic mass is 10.1. The van der Waals surface area contributed by atoms with Crippen molar-refractivity contribution in [3.8, 4) is 5.75 Å². The summed E-state index contributed by atoms with van der Waals surface area (Å²) in [7, 11) is 1.30. The van der Waals surface area contributed by atoms with E-state index >= 15 is 0 Å². The van der Waals surface area contributed by atoms with Crippen LogP contribution in [0.3, 0.4) is 0 Å². The third-order valence-corrected chi connectivity index (χ3v) is 2.97. The fourth-order valence-corrected chi connectivity index (χ4v) is 1.85. The largest absolute Gasteiger partial charge is 0.506 e. The van der Waals surface area contributed by atoms with Crippen LogP contribution in [0.1, 0.15) is 26.3 Å². The van der Waals surface area contributed by atoms with Gasteiger partial charge in [-0.2, -0.15) is 0 Å². The molecule has 0 aliphatic rings. The Morgan fingerprint density at radius 2 is 2.05 bits per heavy atom. The minimum absolute atomic E-state index is 0.0947. The van der Waals surface area contributed by atoms with Crippen LogP contribution in [0.15, 0.2) is 36.7 Å². The van der Waals surface area contributed by atoms with Gasteiger partial charge in [-0.05, 0) is 30.7 Å². The fraction of sp³-hybridized carbons (Fsp3) is 0.133. The van der Waals surface area contributed by atoms with E-state index in [2.05, 4.69) is 15.0 Å². The number of rotatable bonds is 3. The quantitative estimate of drug-likeness (QED) is 0.844. The average molecular weight is 286 g/mol. The van der Waals surface area contributed by atoms with Gasteiger partial charge in [-0.15, -0.1) is 0 Å². The molecule has 0 fully saturated rings. The maximum Gasteiger partial charge on any atom is 0.338 e. The SMILES string of the molecule is COC(=O)c1cccc(NC(=O)c2cncc(O)c2)c1C. The first-order valence-corrected chi connectivity index (χ1v) is 6.16. The van der Waals surface area contributed by atoms with Gasteiger partial charge in [0.05, 0.1) is 24.4 Å². The molecule has 0 radical (unpaired) electrons. The van der Waals surface area contributed by atoms with E-state index in [9.17, 15) is 14.7 Å². The molecule has 0 saturated heterocycles. The average Bonchev–Trinajstić information content (AvgIpc) is 2.48. The van der Waals surface area contributed by atoms with Crippen LogP contribution in [0.5, 0.6) is 5.75 Å². The van der Waals surface area contributed by atoms with E-state index in [0.29, 0.717) is 16.8 Å². The Morgan fingerprint density at radius 1 is 1.29 bits per heavy atom. The minimum atomic E-state index is -0.470. The van der Waals surface area contributed by atoms with Crippen LogP contribution < -0.4 is 5.32 Å². The van der Waals surface area contributed by atoms with Crippen molar-refractivity contribution in [3.63, 3.8) is 0 Å². The molecule has 0 unspecified atom stereocenters. The number of esters is 1. The first kappa shape index (κ1) is 14.5. The van der Waals surface area contributed by atoms with Gasteiger partial charge in [0.2, 0.25) is 0 Å². The molecule has 0 bridgehead atoms. The third-order valence-electron chi connectivity index (χ3n) is 2.97. The van der Waals surface area contributed by atoms with E-state index < -0.39 is 11.9 Å². The Hall–Kier alpha value is -2.89. The van der Waals surface area contributed by atoms with Crippen molar-refractivity contribution in [1.29, 1.82) is 0 Å². The number of anilines is 1. The number of nitrogens with one attached hydrogen (secondary N) is 1. The number of aromatic nitrogens is 1. The number of carbonyl (C=O) groups is 2. The molecule has 1 aromatic carbocycles. The topological polar surface area (TPSA) is 88.5 Å². The second kappa shape index (κ2) is 6.04. The highest BCUT2D eigenvalue weighted by Crippen LogP contribution is 2.20. The number of nitrogens with zero attached hydrogens (tertiary/aromatic N) is 1. The van der Waals surface area contributed by atoms with Crippen LogP contribution in [0.2, 0.25) is 0 Å². The number of amides is 1. The zero-order valence-electron chi connectivity index (χ0n) is 11.6. The Bertz CT molecular complexity index is 698. The van der Waals surface area contributed by atoms with E-state index in [1.54, 1.807) is 25.1 Å². The first-order chi connectivity index (χ1) is 10.0. The van der Waals surface area contributed by atoms with Gasteiger partial charge in [0.25, 0.3) is 5.91 Å². The summed E-state index contributed by atoms with van der Waals surface area (Å²) in [6, 6.07) is 6.25. The highest BCUT2D eigenvalue weighted by Gasteiger charge is 2.14. The standard InChI is InChI=1S/C15H14N2O4/c1-9-12(15(20)21-2)4-3-5-13(9)17-14(19)10-6-11(18)8-16-7-10/h3-8,18H,1-2H3,(H,17,19). The van der Waals surface area contributed by atoms with Crippen LogP contribution in [-0.4, -0.2) is 29.1 Å². The second-order valence-corrected chi connectivity index (χ2v) is 4.36. The molecule has 2 rings (SSSR count). The summed E-state index contributed by atoms with van der Waals surface area (Å²) >= 11 is 0. The third kappa shape index (κ3) is 3.17. The number of ether oxygens (including phenoxy) is 1. The summed E-state index contributed by atoms with van der Waals surface area (Å²) in [5.41, 5.74) is 1.69. The molecule has 0 aliphatic carbocycles. The van der Waals surface area contributed by atoms with Crippen LogP contribution in [-0.2, 0) is 4.74 Å². The van der Waals surface area contributed by atoms with Crippen LogP contribution in [0.4, 0.5) is 5.69 Å². The Balaban J connectivity index is 2.28. The highest BCUT2D eigenvalue weighted by molar-refractivity contribution is 6.05. The van der Waals surface area contributed by atoms with Gasteiger partial charge in [-0.25, -0.2) is 4.79 Å². The van der Waals surface area contributed by atoms with Gasteiger partial charge in [0.15, 0.2) is 0 Å². The van der Waals surface area contributed by atoms with Crippen molar-refractivity contribution in [2.75, 3.05) is 12.4 Å². The van der Waals surface area contributed by atoms with Gasteiger partial charge >= 0.3 is 5.97 Å². The number of carbonyl (C=O) groups excluding carboxylic acids is 2. The van der Waals surface area contributed by atoms with E-state index in [1.807, 2.05) is 0 Å². The summed E-state index contributed by atoms with van der Waals surface area (Å²) in [4.78, 5) is 27.4. The van der Waals surface area contributed by atoms with Crippen molar-refractivity contribution < 1.29 is 19.4 Å². The summed E-state index contributed by atoms with van der Waals surface area (Å²) in [5.74, 6) is -0.992. The number of methoxy groups -OCH3 is 1. The normalized spacial score (nSPS) is 10.0. The summed E-state index contributed by atoms with van der Waals surface area (Å²) < 4.78 is 4.68. The zero-order valence-corrected chi connectivity index (χ0v) is 11.6. The lowest BCUT2D eigenvalue weighted by molar-refractivity contribution is 0.0599. The molecule has 6 heteroatoms. The number of hydrogen-bond acceptors (Lipinski definition) is 5. The maximum atomic E-state index is 12.1. The van der Waals surface area contributed by atoms with Gasteiger partial charge < -0.3 is 15.2 Å². The van der Waals surface area contributed by atoms with Gasteiger partial charge in [-0.3, -0.25) is 9.78 Å². The summed E-state index contributed by atoms with van der Waals surface area (Å²) in [6.45, 7) is 1.71. The van der Waals surface area contributed by atoms with E-state index in [4.69, 9.17) is 0 Å². The molecule has 21 heavy (non-hydrogen) atoms. The van der Waals surface area contributed by atoms with Crippen molar-refractivity contribution in [2.45, 2.75) is 6.92 Å². The van der Waals surface area contributed by atoms with Crippen molar-refractivity contribution >= 4 is 17.6 Å². The molecule has 6 nitrogen and oxygen atoms in total. The molecule has 0 spiro atoms. The molecule has 2 aromatic rings. The Labute approximate surface area is 121 Å². The lowest BCUT2D eigenvalue weighted by Gasteiger charge is -2.11. The van der Waals surface area contributed by atoms with Crippen LogP contribution in [0.25, 0.3) is 0 Å². The molecular formula is C15H14N2O4. The maximum absolute atomic E-state index is 12.1. The number of aromatic hydroxyl groups is 1. The molecular weight excluding hydrogens is 272 g/mol. The van der Waals surface area contributed by atoms with Gasteiger partial charge in [0.1, 0.15) is 5.75 Å². The van der Waals surface area contributed by atoms with E-state index in [0.717, 1.165) is 0 Å². The van der Waals surface area contributed by atoms with E-state index in [-0.39, 0.29) is 11.3 Å². The molecule has 2 N–H and O–H groups in total. The molecule has 1 heterocycles. The number of hydrogen-bond donors (Lipinski definition) is 2. The molecule has 1 amide bonds. The molecule has 1 aromatic heterocycles. The van der Waals surface area contributed by atoms with Gasteiger partial charge in [-0.1, -0.05) is 6.07 Å². The Morgan fingerprint density at radius 3 is 2.71 bits per heavy atom. The highest BCUT2D eigenvalue weighted by atomic mass is 16.5. The molecule has 0 saturated carbocycles. The smallest absolute Gasteiger partial charge is 0.338 e. The molecule has 0 aliphatic heterocycles. The molecule has 0 atom stereocenters. The number of pyridine rings is 1. The summed E-state index contributed by atoms with van der Waals surface area (Å²) in [6.07, 6.45) is 2.58. The lowest BCUT2D eigenvalue weighted by Crippen LogP contribution is -2.14. The van der Waals surface area contributed by atoms with Crippen molar-refractivity contribution in [3.05, 3.63) is 53.3 Å². The fourth-order valence-electron chi connectivity index (χ4n) is 1.85. The predicted molar refractivity (Wildman–Crippen MR) is 76.4 cm³/mol. The van der Waals surface area contributed by atoms with Crippen LogP contribution >= 0.6 is 0 Å². The minimum Gasteiger partial charge on any atom is -0.506 e. The van der Waals surface area contributed by atoms with Crippen molar-refractivity contribution in [1.82, 2.24) is 4.98 Å². The predicted octanol–water partition coefficient (Wildman–Crippen LogP) is 2.13. The molecule has 108 valence electrons. The first-order valence-electron chi connectivity index (χ1n) is 6.16. The van der Waals surface area contributed by atoms with Gasteiger partial charge in [0, 0.05) is 11.9 Å². The van der Waals surface area contributed by atoms with Crippen LogP contribution in [0, 0.1) is 6.92 Å². The second-order valence-electron chi connectivity index (χ2n) is 4.36. The Kier molecular flexibility index (Phi) is 4.18. The zero-order chi connectivity index (χ0) is 15.4.